The van der Waals surface area contributed by atoms with Gasteiger partial charge in [0.2, 0.25) is 0 Å². The van der Waals surface area contributed by atoms with E-state index in [0.717, 1.165) is 22.4 Å². The molecule has 8 nitrogen and oxygen atoms in total. The van der Waals surface area contributed by atoms with Crippen molar-refractivity contribution in [1.29, 1.82) is 0 Å². The highest BCUT2D eigenvalue weighted by atomic mass is 32.2. The fourth-order valence-electron chi connectivity index (χ4n) is 3.55. The summed E-state index contributed by atoms with van der Waals surface area (Å²) in [4.78, 5) is 30.9. The molecule has 1 aromatic heterocycles. The van der Waals surface area contributed by atoms with Crippen molar-refractivity contribution in [3.05, 3.63) is 60.3 Å². The summed E-state index contributed by atoms with van der Waals surface area (Å²) in [6.45, 7) is -0.255. The zero-order valence-corrected chi connectivity index (χ0v) is 17.9. The van der Waals surface area contributed by atoms with Crippen LogP contribution >= 0.6 is 0 Å². The van der Waals surface area contributed by atoms with Gasteiger partial charge in [0.15, 0.2) is 0 Å². The quantitative estimate of drug-likeness (QED) is 0.520. The van der Waals surface area contributed by atoms with E-state index in [1.165, 1.54) is 18.2 Å². The molecular formula is C21H16F3N3O5S. The molecule has 1 saturated heterocycles. The monoisotopic (exact) mass is 479 g/mol. The molecule has 33 heavy (non-hydrogen) atoms. The van der Waals surface area contributed by atoms with Crippen LogP contribution in [-0.2, 0) is 21.2 Å². The summed E-state index contributed by atoms with van der Waals surface area (Å²) in [6, 6.07) is 9.89. The molecule has 0 aliphatic carbocycles. The third-order valence-corrected chi connectivity index (χ3v) is 6.67. The Morgan fingerprint density at radius 2 is 1.73 bits per heavy atom. The number of amides is 3. The number of hydrogen-bond acceptors (Lipinski definition) is 6. The highest BCUT2D eigenvalue weighted by Gasteiger charge is 2.47. The van der Waals surface area contributed by atoms with E-state index in [1.807, 2.05) is 0 Å². The number of para-hydroxylation sites is 1. The molecule has 0 unspecified atom stereocenters. The molecule has 0 bridgehead atoms. The molecule has 0 atom stereocenters. The molecule has 0 spiro atoms. The van der Waals surface area contributed by atoms with E-state index in [2.05, 4.69) is 4.98 Å². The number of carbonyl (C=O) groups is 2. The Morgan fingerprint density at radius 3 is 2.36 bits per heavy atom. The smallest absolute Gasteiger partial charge is 0.495 e. The van der Waals surface area contributed by atoms with Gasteiger partial charge in [-0.15, -0.1) is 0 Å². The second-order valence-electron chi connectivity index (χ2n) is 7.13. The highest BCUT2D eigenvalue weighted by molar-refractivity contribution is 7.92. The SMILES string of the molecule is COc1cnc2ccccc2c1CN1CC(=O)N(c2ccc(S(=O)(=O)C(F)(F)F)cc2)C1=O. The lowest BCUT2D eigenvalue weighted by atomic mass is 10.1. The van der Waals surface area contributed by atoms with Crippen LogP contribution in [0, 0.1) is 0 Å². The topological polar surface area (TPSA) is 96.9 Å². The van der Waals surface area contributed by atoms with Crippen LogP contribution in [0.15, 0.2) is 59.6 Å². The van der Waals surface area contributed by atoms with Gasteiger partial charge in [0, 0.05) is 10.9 Å². The molecule has 1 fully saturated rings. The van der Waals surface area contributed by atoms with Gasteiger partial charge >= 0.3 is 11.5 Å². The van der Waals surface area contributed by atoms with Gasteiger partial charge in [0.05, 0.1) is 36.0 Å². The maximum atomic E-state index is 13.0. The molecule has 1 aliphatic heterocycles. The first-order chi connectivity index (χ1) is 15.5. The van der Waals surface area contributed by atoms with Crippen molar-refractivity contribution in [2.45, 2.75) is 16.9 Å². The minimum Gasteiger partial charge on any atom is -0.495 e. The van der Waals surface area contributed by atoms with Crippen LogP contribution in [0.4, 0.5) is 23.7 Å². The first-order valence-corrected chi connectivity index (χ1v) is 11.0. The molecule has 4 rings (SSSR count). The average Bonchev–Trinajstić information content (AvgIpc) is 3.06. The maximum Gasteiger partial charge on any atom is 0.501 e. The largest absolute Gasteiger partial charge is 0.501 e. The number of hydrogen-bond donors (Lipinski definition) is 0. The second kappa shape index (κ2) is 8.03. The zero-order chi connectivity index (χ0) is 24.0. The molecule has 2 heterocycles. The molecule has 172 valence electrons. The van der Waals surface area contributed by atoms with Crippen LogP contribution in [0.3, 0.4) is 0 Å². The fourth-order valence-corrected chi connectivity index (χ4v) is 4.31. The number of pyridine rings is 1. The van der Waals surface area contributed by atoms with Gasteiger partial charge in [-0.3, -0.25) is 9.78 Å². The lowest BCUT2D eigenvalue weighted by Crippen LogP contribution is -2.33. The Balaban J connectivity index is 1.63. The summed E-state index contributed by atoms with van der Waals surface area (Å²) < 4.78 is 66.7. The Labute approximate surface area is 186 Å². The molecular weight excluding hydrogens is 463 g/mol. The summed E-state index contributed by atoms with van der Waals surface area (Å²) in [5.74, 6) is -0.183. The van der Waals surface area contributed by atoms with Gasteiger partial charge in [-0.2, -0.15) is 13.2 Å². The summed E-state index contributed by atoms with van der Waals surface area (Å²) in [6.07, 6.45) is 1.51. The number of imide groups is 1. The standard InChI is InChI=1S/C21H16F3N3O5S/c1-32-18-10-25-17-5-3-2-4-15(17)16(18)11-26-12-19(28)27(20(26)29)13-6-8-14(9-7-13)33(30,31)21(22,23)24/h2-10H,11-12H2,1H3. The molecule has 3 aromatic rings. The second-order valence-corrected chi connectivity index (χ2v) is 9.07. The van der Waals surface area contributed by atoms with E-state index >= 15 is 0 Å². The summed E-state index contributed by atoms with van der Waals surface area (Å²) in [7, 11) is -4.09. The summed E-state index contributed by atoms with van der Waals surface area (Å²) >= 11 is 0. The molecule has 2 aromatic carbocycles. The highest BCUT2D eigenvalue weighted by Crippen LogP contribution is 2.33. The zero-order valence-electron chi connectivity index (χ0n) is 17.0. The van der Waals surface area contributed by atoms with Crippen LogP contribution in [0.2, 0.25) is 0 Å². The average molecular weight is 479 g/mol. The van der Waals surface area contributed by atoms with Gasteiger partial charge in [-0.05, 0) is 30.3 Å². The Hall–Kier alpha value is -3.67. The molecule has 0 saturated carbocycles. The van der Waals surface area contributed by atoms with Crippen molar-refractivity contribution in [3.8, 4) is 5.75 Å². The van der Waals surface area contributed by atoms with E-state index < -0.39 is 32.2 Å². The Bertz CT molecular complexity index is 1360. The van der Waals surface area contributed by atoms with Gasteiger partial charge < -0.3 is 9.64 Å². The van der Waals surface area contributed by atoms with Crippen LogP contribution in [0.25, 0.3) is 10.9 Å². The minimum atomic E-state index is -5.54. The van der Waals surface area contributed by atoms with Crippen LogP contribution in [-0.4, -0.2) is 49.4 Å². The molecule has 0 radical (unpaired) electrons. The van der Waals surface area contributed by atoms with E-state index in [1.54, 1.807) is 24.3 Å². The van der Waals surface area contributed by atoms with Gasteiger partial charge in [0.1, 0.15) is 12.3 Å². The van der Waals surface area contributed by atoms with E-state index in [-0.39, 0.29) is 18.8 Å². The lowest BCUT2D eigenvalue weighted by molar-refractivity contribution is -0.116. The predicted molar refractivity (Wildman–Crippen MR) is 111 cm³/mol. The van der Waals surface area contributed by atoms with E-state index in [9.17, 15) is 31.2 Å². The fraction of sp³-hybridized carbons (Fsp3) is 0.190. The summed E-state index contributed by atoms with van der Waals surface area (Å²) in [5.41, 5.74) is -4.20. The number of aromatic nitrogens is 1. The first kappa shape index (κ1) is 22.5. The van der Waals surface area contributed by atoms with E-state index in [0.29, 0.717) is 29.0 Å². The number of sulfone groups is 1. The number of ether oxygens (including phenoxy) is 1. The number of alkyl halides is 3. The number of nitrogens with zero attached hydrogens (tertiary/aromatic N) is 3. The number of methoxy groups -OCH3 is 1. The molecule has 0 N–H and O–H groups in total. The molecule has 12 heteroatoms. The van der Waals surface area contributed by atoms with Crippen molar-refractivity contribution in [2.24, 2.45) is 0 Å². The number of urea groups is 1. The number of rotatable bonds is 5. The number of anilines is 1. The van der Waals surface area contributed by atoms with Gasteiger partial charge in [-0.1, -0.05) is 18.2 Å². The van der Waals surface area contributed by atoms with E-state index in [4.69, 9.17) is 4.74 Å². The Morgan fingerprint density at radius 1 is 1.06 bits per heavy atom. The van der Waals surface area contributed by atoms with Crippen molar-refractivity contribution in [3.63, 3.8) is 0 Å². The first-order valence-electron chi connectivity index (χ1n) is 9.48. The predicted octanol–water partition coefficient (Wildman–Crippen LogP) is 3.51. The normalized spacial score (nSPS) is 14.9. The third kappa shape index (κ3) is 3.86. The lowest BCUT2D eigenvalue weighted by Gasteiger charge is -2.19. The number of halogens is 3. The van der Waals surface area contributed by atoms with Gasteiger partial charge in [0.25, 0.3) is 15.7 Å². The Kier molecular flexibility index (Phi) is 5.48. The van der Waals surface area contributed by atoms with Crippen molar-refractivity contribution in [1.82, 2.24) is 9.88 Å². The van der Waals surface area contributed by atoms with Gasteiger partial charge in [-0.25, -0.2) is 18.1 Å². The van der Waals surface area contributed by atoms with Crippen molar-refractivity contribution in [2.75, 3.05) is 18.6 Å². The number of benzene rings is 2. The molecule has 3 amide bonds. The van der Waals surface area contributed by atoms with Crippen LogP contribution < -0.4 is 9.64 Å². The third-order valence-electron chi connectivity index (χ3n) is 5.16. The van der Waals surface area contributed by atoms with Crippen LogP contribution in [0.5, 0.6) is 5.75 Å². The number of carbonyl (C=O) groups excluding carboxylic acids is 2. The number of fused-ring (bicyclic) bond motifs is 1. The molecule has 1 aliphatic rings. The summed E-state index contributed by atoms with van der Waals surface area (Å²) in [5, 5.41) is 0.734. The van der Waals surface area contributed by atoms with Crippen molar-refractivity contribution >= 4 is 38.4 Å². The maximum absolute atomic E-state index is 13.0. The minimum absolute atomic E-state index is 0.0216. The van der Waals surface area contributed by atoms with Crippen LogP contribution in [0.1, 0.15) is 5.56 Å². The van der Waals surface area contributed by atoms with Crippen molar-refractivity contribution < 1.29 is 35.9 Å².